The Morgan fingerprint density at radius 3 is 2.81 bits per heavy atom. The maximum absolute atomic E-state index is 6.08. The van der Waals surface area contributed by atoms with E-state index in [0.717, 1.165) is 19.5 Å². The maximum Gasteiger partial charge on any atom is 0.0603 e. The summed E-state index contributed by atoms with van der Waals surface area (Å²) in [5, 5.41) is 4.83. The summed E-state index contributed by atoms with van der Waals surface area (Å²) >= 11 is 14.0. The van der Waals surface area contributed by atoms with E-state index in [0.29, 0.717) is 15.5 Å². The first-order chi connectivity index (χ1) is 7.69. The van der Waals surface area contributed by atoms with Gasteiger partial charge in [0, 0.05) is 17.2 Å². The predicted octanol–water partition coefficient (Wildman–Crippen LogP) is 3.62. The summed E-state index contributed by atoms with van der Waals surface area (Å²) in [6, 6.07) is 4.06. The lowest BCUT2D eigenvalue weighted by Gasteiger charge is -2.33. The van der Waals surface area contributed by atoms with Crippen LogP contribution >= 0.6 is 35.0 Å². The quantitative estimate of drug-likeness (QED) is 0.775. The van der Waals surface area contributed by atoms with E-state index in [4.69, 9.17) is 23.2 Å². The van der Waals surface area contributed by atoms with Crippen molar-refractivity contribution in [2.24, 2.45) is 5.41 Å². The second-order valence-corrected chi connectivity index (χ2v) is 6.60. The number of halogens is 2. The molecule has 1 atom stereocenters. The lowest BCUT2D eigenvalue weighted by atomic mass is 9.82. The first-order valence-corrected chi connectivity index (χ1v) is 7.24. The van der Waals surface area contributed by atoms with E-state index in [1.54, 1.807) is 0 Å². The third kappa shape index (κ3) is 1.86. The molecule has 1 unspecified atom stereocenters. The molecule has 0 saturated carbocycles. The molecule has 1 aromatic carbocycles. The van der Waals surface area contributed by atoms with Crippen molar-refractivity contribution in [1.82, 2.24) is 5.32 Å². The third-order valence-corrected chi connectivity index (χ3v) is 5.70. The zero-order valence-electron chi connectivity index (χ0n) is 8.85. The molecule has 1 nitrogen and oxygen atoms in total. The van der Waals surface area contributed by atoms with Crippen LogP contribution in [0.5, 0.6) is 0 Å². The molecule has 4 heteroatoms. The molecular weight excluding hydrogens is 261 g/mol. The van der Waals surface area contributed by atoms with Gasteiger partial charge in [0.1, 0.15) is 0 Å². The van der Waals surface area contributed by atoms with Gasteiger partial charge in [-0.25, -0.2) is 0 Å². The van der Waals surface area contributed by atoms with Crippen molar-refractivity contribution in [2.75, 3.05) is 18.8 Å². The Morgan fingerprint density at radius 1 is 1.25 bits per heavy atom. The molecule has 0 aromatic heterocycles. The molecule has 1 saturated heterocycles. The van der Waals surface area contributed by atoms with Crippen molar-refractivity contribution in [2.45, 2.75) is 17.7 Å². The van der Waals surface area contributed by atoms with Crippen molar-refractivity contribution in [1.29, 1.82) is 0 Å². The molecule has 0 aliphatic carbocycles. The van der Waals surface area contributed by atoms with Crippen LogP contribution in [0, 0.1) is 5.41 Å². The first-order valence-electron chi connectivity index (χ1n) is 5.50. The molecule has 1 spiro atoms. The minimum Gasteiger partial charge on any atom is -0.316 e. The average Bonchev–Trinajstić information content (AvgIpc) is 2.69. The number of hydrogen-bond acceptors (Lipinski definition) is 2. The molecule has 1 fully saturated rings. The van der Waals surface area contributed by atoms with Crippen LogP contribution in [0.3, 0.4) is 0 Å². The van der Waals surface area contributed by atoms with Crippen LogP contribution in [0.15, 0.2) is 17.0 Å². The maximum atomic E-state index is 6.08. The fourth-order valence-electron chi connectivity index (χ4n) is 2.60. The van der Waals surface area contributed by atoms with E-state index in [2.05, 4.69) is 5.32 Å². The third-order valence-electron chi connectivity index (χ3n) is 3.53. The van der Waals surface area contributed by atoms with E-state index in [-0.39, 0.29) is 0 Å². The molecule has 0 amide bonds. The van der Waals surface area contributed by atoms with Gasteiger partial charge in [-0.1, -0.05) is 23.2 Å². The van der Waals surface area contributed by atoms with Crippen LogP contribution < -0.4 is 5.32 Å². The van der Waals surface area contributed by atoms with Gasteiger partial charge < -0.3 is 5.32 Å². The summed E-state index contributed by atoms with van der Waals surface area (Å²) in [6.45, 7) is 2.29. The smallest absolute Gasteiger partial charge is 0.0603 e. The first kappa shape index (κ1) is 11.2. The molecule has 3 rings (SSSR count). The zero-order valence-corrected chi connectivity index (χ0v) is 11.2. The SMILES string of the molecule is Clc1cc2c(cc1Cl)SCC1(CCNC1)C2. The van der Waals surface area contributed by atoms with Crippen molar-refractivity contribution in [3.05, 3.63) is 27.7 Å². The Kier molecular flexibility index (Phi) is 2.87. The molecular formula is C12H13Cl2NS. The van der Waals surface area contributed by atoms with Crippen molar-refractivity contribution < 1.29 is 0 Å². The number of benzene rings is 1. The van der Waals surface area contributed by atoms with Crippen molar-refractivity contribution in [3.8, 4) is 0 Å². The summed E-state index contributed by atoms with van der Waals surface area (Å²) in [5.74, 6) is 1.20. The number of nitrogens with one attached hydrogen (secondary N) is 1. The second-order valence-electron chi connectivity index (χ2n) is 4.77. The van der Waals surface area contributed by atoms with Gasteiger partial charge in [0.05, 0.1) is 10.0 Å². The monoisotopic (exact) mass is 273 g/mol. The molecule has 1 N–H and O–H groups in total. The minimum absolute atomic E-state index is 0.453. The largest absolute Gasteiger partial charge is 0.316 e. The second kappa shape index (κ2) is 4.09. The molecule has 2 heterocycles. The van der Waals surface area contributed by atoms with E-state index < -0.39 is 0 Å². The fraction of sp³-hybridized carbons (Fsp3) is 0.500. The van der Waals surface area contributed by atoms with Gasteiger partial charge in [0.25, 0.3) is 0 Å². The van der Waals surface area contributed by atoms with E-state index in [9.17, 15) is 0 Å². The highest BCUT2D eigenvalue weighted by molar-refractivity contribution is 7.99. The Morgan fingerprint density at radius 2 is 2.06 bits per heavy atom. The van der Waals surface area contributed by atoms with Crippen molar-refractivity contribution in [3.63, 3.8) is 0 Å². The van der Waals surface area contributed by atoms with Crippen LogP contribution in [0.4, 0.5) is 0 Å². The standard InChI is InChI=1S/C12H13Cl2NS/c13-9-3-8-5-12(1-2-15-6-12)7-16-11(8)4-10(9)14/h3-4,15H,1-2,5-7H2. The van der Waals surface area contributed by atoms with Gasteiger partial charge in [0.15, 0.2) is 0 Å². The van der Waals surface area contributed by atoms with Gasteiger partial charge in [-0.15, -0.1) is 11.8 Å². The van der Waals surface area contributed by atoms with Crippen LogP contribution in [0.25, 0.3) is 0 Å². The molecule has 2 aliphatic rings. The molecule has 0 radical (unpaired) electrons. The highest BCUT2D eigenvalue weighted by Crippen LogP contribution is 2.45. The van der Waals surface area contributed by atoms with Crippen LogP contribution in [-0.2, 0) is 6.42 Å². The molecule has 0 bridgehead atoms. The predicted molar refractivity (Wildman–Crippen MR) is 70.8 cm³/mol. The van der Waals surface area contributed by atoms with Crippen LogP contribution in [-0.4, -0.2) is 18.8 Å². The number of hydrogen-bond donors (Lipinski definition) is 1. The summed E-state index contributed by atoms with van der Waals surface area (Å²) in [5.41, 5.74) is 1.82. The average molecular weight is 274 g/mol. The number of thioether (sulfide) groups is 1. The van der Waals surface area contributed by atoms with Crippen molar-refractivity contribution >= 4 is 35.0 Å². The van der Waals surface area contributed by atoms with Gasteiger partial charge in [0.2, 0.25) is 0 Å². The lowest BCUT2D eigenvalue weighted by molar-refractivity contribution is 0.364. The molecule has 16 heavy (non-hydrogen) atoms. The highest BCUT2D eigenvalue weighted by atomic mass is 35.5. The Balaban J connectivity index is 1.96. The van der Waals surface area contributed by atoms with Gasteiger partial charge >= 0.3 is 0 Å². The molecule has 86 valence electrons. The molecule has 1 aromatic rings. The van der Waals surface area contributed by atoms with E-state index in [1.807, 2.05) is 23.9 Å². The van der Waals surface area contributed by atoms with Gasteiger partial charge in [-0.3, -0.25) is 0 Å². The van der Waals surface area contributed by atoms with Crippen LogP contribution in [0.1, 0.15) is 12.0 Å². The fourth-order valence-corrected chi connectivity index (χ4v) is 4.34. The lowest BCUT2D eigenvalue weighted by Crippen LogP contribution is -2.32. The van der Waals surface area contributed by atoms with Gasteiger partial charge in [-0.05, 0) is 42.5 Å². The number of fused-ring (bicyclic) bond motifs is 1. The zero-order chi connectivity index (χ0) is 11.2. The summed E-state index contributed by atoms with van der Waals surface area (Å²) in [4.78, 5) is 1.31. The van der Waals surface area contributed by atoms with Gasteiger partial charge in [-0.2, -0.15) is 0 Å². The van der Waals surface area contributed by atoms with E-state index in [1.165, 1.54) is 22.6 Å². The summed E-state index contributed by atoms with van der Waals surface area (Å²) in [6.07, 6.45) is 2.42. The Hall–Kier alpha value is 0.110. The Labute approximate surface area is 110 Å². The van der Waals surface area contributed by atoms with Crippen LogP contribution in [0.2, 0.25) is 10.0 Å². The topological polar surface area (TPSA) is 12.0 Å². The summed E-state index contributed by atoms with van der Waals surface area (Å²) < 4.78 is 0. The Bertz CT molecular complexity index is 427. The highest BCUT2D eigenvalue weighted by Gasteiger charge is 2.37. The minimum atomic E-state index is 0.453. The number of rotatable bonds is 0. The normalized spacial score (nSPS) is 28.4. The van der Waals surface area contributed by atoms with E-state index >= 15 is 0 Å². The summed E-state index contributed by atoms with van der Waals surface area (Å²) in [7, 11) is 0. The molecule has 2 aliphatic heterocycles.